The number of esters is 1. The number of nitrogens with zero attached hydrogens (tertiary/aromatic N) is 5. The SMILES string of the molecule is CO[C@@H]1CCN(c2cc(-c3nn(C4CCCCO4)c4ccc(O[C@H](C)CCNC(=O)OCc5ccccc5)cc34)nc(COC(C)=O)n2)C1. The zero-order valence-corrected chi connectivity index (χ0v) is 28.3. The van der Waals surface area contributed by atoms with Crippen molar-refractivity contribution in [2.75, 3.05) is 38.3 Å². The van der Waals surface area contributed by atoms with Gasteiger partial charge in [-0.2, -0.15) is 5.10 Å². The van der Waals surface area contributed by atoms with E-state index >= 15 is 0 Å². The molecule has 0 radical (unpaired) electrons. The summed E-state index contributed by atoms with van der Waals surface area (Å²) >= 11 is 0. The van der Waals surface area contributed by atoms with E-state index in [4.69, 9.17) is 38.8 Å². The van der Waals surface area contributed by atoms with Crippen LogP contribution in [0.5, 0.6) is 5.75 Å². The van der Waals surface area contributed by atoms with Gasteiger partial charge >= 0.3 is 12.1 Å². The molecule has 13 nitrogen and oxygen atoms in total. The third-order valence-electron chi connectivity index (χ3n) is 8.68. The Hall–Kier alpha value is -4.75. The van der Waals surface area contributed by atoms with E-state index in [1.807, 2.05) is 66.2 Å². The lowest BCUT2D eigenvalue weighted by Crippen LogP contribution is -2.28. The van der Waals surface area contributed by atoms with Gasteiger partial charge in [0.2, 0.25) is 0 Å². The molecule has 49 heavy (non-hydrogen) atoms. The first-order valence-corrected chi connectivity index (χ1v) is 16.9. The number of aromatic nitrogens is 4. The molecule has 260 valence electrons. The summed E-state index contributed by atoms with van der Waals surface area (Å²) in [5.74, 6) is 1.36. The zero-order valence-electron chi connectivity index (χ0n) is 28.3. The number of anilines is 1. The summed E-state index contributed by atoms with van der Waals surface area (Å²) in [6, 6.07) is 17.4. The van der Waals surface area contributed by atoms with Gasteiger partial charge in [-0.1, -0.05) is 30.3 Å². The van der Waals surface area contributed by atoms with Gasteiger partial charge in [0.15, 0.2) is 18.7 Å². The number of ether oxygens (including phenoxy) is 5. The third-order valence-corrected chi connectivity index (χ3v) is 8.68. The van der Waals surface area contributed by atoms with Crippen molar-refractivity contribution >= 4 is 28.8 Å². The normalized spacial score (nSPS) is 18.3. The molecule has 6 rings (SSSR count). The van der Waals surface area contributed by atoms with Crippen LogP contribution in [0.3, 0.4) is 0 Å². The Kier molecular flexibility index (Phi) is 11.2. The third kappa shape index (κ3) is 8.84. The minimum Gasteiger partial charge on any atom is -0.491 e. The minimum atomic E-state index is -0.469. The van der Waals surface area contributed by atoms with E-state index in [1.54, 1.807) is 7.11 Å². The molecule has 1 unspecified atom stereocenters. The molecule has 0 saturated carbocycles. The van der Waals surface area contributed by atoms with Crippen molar-refractivity contribution < 1.29 is 33.3 Å². The summed E-state index contributed by atoms with van der Waals surface area (Å²) in [6.45, 7) is 6.03. The first-order chi connectivity index (χ1) is 23.9. The van der Waals surface area contributed by atoms with Gasteiger partial charge in [0.1, 0.15) is 23.9 Å². The number of rotatable bonds is 13. The fourth-order valence-electron chi connectivity index (χ4n) is 6.09. The van der Waals surface area contributed by atoms with E-state index < -0.39 is 12.1 Å². The first kappa shape index (κ1) is 34.1. The second kappa shape index (κ2) is 16.1. The highest BCUT2D eigenvalue weighted by Gasteiger charge is 2.27. The number of methoxy groups -OCH3 is 1. The number of fused-ring (bicyclic) bond motifs is 1. The predicted octanol–water partition coefficient (Wildman–Crippen LogP) is 5.56. The Balaban J connectivity index is 1.23. The summed E-state index contributed by atoms with van der Waals surface area (Å²) in [7, 11) is 1.72. The minimum absolute atomic E-state index is 0.0538. The Labute approximate surface area is 285 Å². The molecule has 2 aromatic carbocycles. The lowest BCUT2D eigenvalue weighted by Gasteiger charge is -2.23. The molecule has 0 bridgehead atoms. The van der Waals surface area contributed by atoms with Crippen molar-refractivity contribution in [1.82, 2.24) is 25.1 Å². The zero-order chi connectivity index (χ0) is 34.2. The van der Waals surface area contributed by atoms with Crippen molar-refractivity contribution in [3.63, 3.8) is 0 Å². The number of carbonyl (C=O) groups is 2. The van der Waals surface area contributed by atoms with Gasteiger partial charge in [0, 0.05) is 58.1 Å². The van der Waals surface area contributed by atoms with E-state index in [1.165, 1.54) is 6.92 Å². The summed E-state index contributed by atoms with van der Waals surface area (Å²) in [5, 5.41) is 8.73. The van der Waals surface area contributed by atoms with E-state index in [-0.39, 0.29) is 31.6 Å². The lowest BCUT2D eigenvalue weighted by molar-refractivity contribution is -0.142. The maximum absolute atomic E-state index is 12.2. The molecule has 0 spiro atoms. The molecule has 2 aromatic heterocycles. The van der Waals surface area contributed by atoms with Crippen molar-refractivity contribution in [3.8, 4) is 17.1 Å². The fraction of sp³-hybridized carbons (Fsp3) is 0.472. The van der Waals surface area contributed by atoms with Crippen LogP contribution in [-0.2, 0) is 37.0 Å². The van der Waals surface area contributed by atoms with Gasteiger partial charge in [-0.15, -0.1) is 0 Å². The summed E-state index contributed by atoms with van der Waals surface area (Å²) < 4.78 is 30.6. The van der Waals surface area contributed by atoms with E-state index in [9.17, 15) is 9.59 Å². The molecule has 2 saturated heterocycles. The van der Waals surface area contributed by atoms with Crippen LogP contribution >= 0.6 is 0 Å². The quantitative estimate of drug-likeness (QED) is 0.179. The van der Waals surface area contributed by atoms with Crippen molar-refractivity contribution in [2.45, 2.75) is 77.6 Å². The first-order valence-electron chi connectivity index (χ1n) is 16.9. The van der Waals surface area contributed by atoms with Crippen molar-refractivity contribution in [2.24, 2.45) is 0 Å². The van der Waals surface area contributed by atoms with E-state index in [0.29, 0.717) is 49.1 Å². The van der Waals surface area contributed by atoms with E-state index in [2.05, 4.69) is 10.2 Å². The van der Waals surface area contributed by atoms with Crippen LogP contribution in [0.15, 0.2) is 54.6 Å². The second-order valence-electron chi connectivity index (χ2n) is 12.4. The average Bonchev–Trinajstić information content (AvgIpc) is 3.76. The summed E-state index contributed by atoms with van der Waals surface area (Å²) in [6.07, 6.45) is 3.62. The molecule has 1 amide bonds. The molecule has 2 fully saturated rings. The van der Waals surface area contributed by atoms with Crippen molar-refractivity contribution in [3.05, 3.63) is 66.0 Å². The number of hydrogen-bond acceptors (Lipinski definition) is 11. The highest BCUT2D eigenvalue weighted by Crippen LogP contribution is 2.36. The Morgan fingerprint density at radius 2 is 1.90 bits per heavy atom. The van der Waals surface area contributed by atoms with Gasteiger partial charge in [0.25, 0.3) is 0 Å². The van der Waals surface area contributed by atoms with Gasteiger partial charge in [-0.05, 0) is 56.4 Å². The molecule has 2 aliphatic rings. The van der Waals surface area contributed by atoms with Gasteiger partial charge < -0.3 is 33.9 Å². The van der Waals surface area contributed by atoms with E-state index in [0.717, 1.165) is 54.5 Å². The average molecular weight is 673 g/mol. The largest absolute Gasteiger partial charge is 0.491 e. The number of hydrogen-bond donors (Lipinski definition) is 1. The highest BCUT2D eigenvalue weighted by atomic mass is 16.5. The number of amides is 1. The monoisotopic (exact) mass is 672 g/mol. The van der Waals surface area contributed by atoms with Crippen LogP contribution < -0.4 is 15.0 Å². The predicted molar refractivity (Wildman–Crippen MR) is 182 cm³/mol. The standard InChI is InChI=1S/C36H44N6O7/c1-24(14-16-37-36(44)48-22-26-9-5-4-6-10-26)49-27-12-13-31-29(19-27)35(40-42(31)34-11-7-8-18-46-34)30-20-33(41-17-15-28(21-41)45-3)39-32(38-30)23-47-25(2)43/h4-6,9-10,12-13,19-20,24,28,34H,7-8,11,14-18,21-23H2,1-3H3,(H,37,44)/t24-,28-,34?/m1/s1. The fourth-order valence-corrected chi connectivity index (χ4v) is 6.09. The second-order valence-corrected chi connectivity index (χ2v) is 12.4. The van der Waals surface area contributed by atoms with Gasteiger partial charge in [0.05, 0.1) is 23.4 Å². The molecular formula is C36H44N6O7. The molecule has 13 heteroatoms. The Morgan fingerprint density at radius 3 is 2.65 bits per heavy atom. The van der Waals surface area contributed by atoms with Crippen LogP contribution in [-0.4, -0.2) is 77.4 Å². The lowest BCUT2D eigenvalue weighted by atomic mass is 10.1. The molecule has 4 heterocycles. The molecule has 3 atom stereocenters. The van der Waals surface area contributed by atoms with Crippen LogP contribution in [0.1, 0.15) is 63.6 Å². The number of nitrogens with one attached hydrogen (secondary N) is 1. The number of benzene rings is 2. The Bertz CT molecular complexity index is 1730. The molecule has 2 aliphatic heterocycles. The maximum atomic E-state index is 12.2. The highest BCUT2D eigenvalue weighted by molar-refractivity contribution is 5.94. The van der Waals surface area contributed by atoms with Crippen LogP contribution in [0.4, 0.5) is 10.6 Å². The smallest absolute Gasteiger partial charge is 0.407 e. The van der Waals surface area contributed by atoms with Gasteiger partial charge in [-0.25, -0.2) is 19.4 Å². The number of alkyl carbamates (subject to hydrolysis) is 1. The van der Waals surface area contributed by atoms with Crippen LogP contribution in [0.25, 0.3) is 22.3 Å². The summed E-state index contributed by atoms with van der Waals surface area (Å²) in [4.78, 5) is 35.6. The molecular weight excluding hydrogens is 628 g/mol. The molecule has 1 N–H and O–H groups in total. The summed E-state index contributed by atoms with van der Waals surface area (Å²) in [5.41, 5.74) is 3.08. The maximum Gasteiger partial charge on any atom is 0.407 e. The molecule has 4 aromatic rings. The van der Waals surface area contributed by atoms with Crippen molar-refractivity contribution in [1.29, 1.82) is 0 Å². The Morgan fingerprint density at radius 1 is 1.04 bits per heavy atom. The van der Waals surface area contributed by atoms with Crippen LogP contribution in [0.2, 0.25) is 0 Å². The van der Waals surface area contributed by atoms with Crippen LogP contribution in [0, 0.1) is 0 Å². The molecule has 0 aliphatic carbocycles. The number of carbonyl (C=O) groups excluding carboxylic acids is 2. The topological polar surface area (TPSA) is 139 Å². The van der Waals surface area contributed by atoms with Gasteiger partial charge in [-0.3, -0.25) is 4.79 Å².